The first-order valence-corrected chi connectivity index (χ1v) is 7.04. The molecule has 1 aromatic rings. The summed E-state index contributed by atoms with van der Waals surface area (Å²) in [5.41, 5.74) is 1.91. The highest BCUT2D eigenvalue weighted by molar-refractivity contribution is 5.51. The number of likely N-dealkylation sites (N-methyl/N-ethyl adjacent to an activating group) is 1. The maximum atomic E-state index is 9.40. The molecule has 0 spiro atoms. The number of aliphatic hydroxyl groups excluding tert-OH is 1. The molecule has 1 unspecified atom stereocenters. The van der Waals surface area contributed by atoms with Gasteiger partial charge in [0.2, 0.25) is 0 Å². The van der Waals surface area contributed by atoms with Crippen LogP contribution < -0.4 is 10.1 Å². The van der Waals surface area contributed by atoms with Gasteiger partial charge in [0.05, 0.1) is 13.2 Å². The summed E-state index contributed by atoms with van der Waals surface area (Å²) in [6.45, 7) is 4.83. The van der Waals surface area contributed by atoms with E-state index >= 15 is 0 Å². The number of nitrogens with zero attached hydrogens (tertiary/aromatic N) is 1. The van der Waals surface area contributed by atoms with Gasteiger partial charge in [-0.2, -0.15) is 0 Å². The molecule has 19 heavy (non-hydrogen) atoms. The third-order valence-corrected chi connectivity index (χ3v) is 3.53. The fourth-order valence-corrected chi connectivity index (χ4v) is 2.61. The van der Waals surface area contributed by atoms with Gasteiger partial charge in [0.25, 0.3) is 0 Å². The minimum absolute atomic E-state index is 0.00935. The van der Waals surface area contributed by atoms with Gasteiger partial charge in [-0.05, 0) is 51.6 Å². The van der Waals surface area contributed by atoms with Gasteiger partial charge < -0.3 is 20.1 Å². The molecule has 0 bridgehead atoms. The zero-order chi connectivity index (χ0) is 13.7. The van der Waals surface area contributed by atoms with Crippen molar-refractivity contribution in [1.82, 2.24) is 4.90 Å². The maximum absolute atomic E-state index is 9.40. The topological polar surface area (TPSA) is 44.7 Å². The molecular weight excluding hydrogens is 240 g/mol. The van der Waals surface area contributed by atoms with Crippen LogP contribution in [0.2, 0.25) is 0 Å². The molecule has 1 atom stereocenters. The number of anilines is 1. The molecule has 1 saturated heterocycles. The van der Waals surface area contributed by atoms with Gasteiger partial charge in [0.15, 0.2) is 0 Å². The molecular formula is C15H24N2O2. The van der Waals surface area contributed by atoms with Crippen LogP contribution in [-0.2, 0) is 6.61 Å². The lowest BCUT2D eigenvalue weighted by atomic mass is 10.1. The molecule has 4 heteroatoms. The molecule has 4 nitrogen and oxygen atoms in total. The van der Waals surface area contributed by atoms with Gasteiger partial charge in [0, 0.05) is 23.8 Å². The van der Waals surface area contributed by atoms with Crippen molar-refractivity contribution < 1.29 is 9.84 Å². The number of likely N-dealkylation sites (tertiary alicyclic amines) is 1. The average Bonchev–Trinajstić information content (AvgIpc) is 2.41. The minimum Gasteiger partial charge on any atom is -0.494 e. The normalized spacial score (nSPS) is 20.3. The molecule has 0 saturated carbocycles. The summed E-state index contributed by atoms with van der Waals surface area (Å²) < 4.78 is 5.49. The molecule has 1 aliphatic heterocycles. The SMILES string of the molecule is CCOc1ccc(NC2CCCN(C)C2)cc1CO. The van der Waals surface area contributed by atoms with E-state index < -0.39 is 0 Å². The van der Waals surface area contributed by atoms with Crippen molar-refractivity contribution in [3.8, 4) is 5.75 Å². The Hall–Kier alpha value is -1.26. The van der Waals surface area contributed by atoms with Crippen molar-refractivity contribution in [3.05, 3.63) is 23.8 Å². The number of aliphatic hydroxyl groups is 1. The zero-order valence-electron chi connectivity index (χ0n) is 11.9. The number of hydrogen-bond donors (Lipinski definition) is 2. The van der Waals surface area contributed by atoms with E-state index in [1.54, 1.807) is 0 Å². The molecule has 1 fully saturated rings. The first-order chi connectivity index (χ1) is 9.22. The van der Waals surface area contributed by atoms with E-state index in [0.29, 0.717) is 12.6 Å². The third-order valence-electron chi connectivity index (χ3n) is 3.53. The highest BCUT2D eigenvalue weighted by Gasteiger charge is 2.17. The van der Waals surface area contributed by atoms with Crippen LogP contribution in [-0.4, -0.2) is 42.8 Å². The Morgan fingerprint density at radius 3 is 3.00 bits per heavy atom. The quantitative estimate of drug-likeness (QED) is 0.854. The first kappa shape index (κ1) is 14.2. The second-order valence-corrected chi connectivity index (χ2v) is 5.16. The number of benzene rings is 1. The highest BCUT2D eigenvalue weighted by Crippen LogP contribution is 2.24. The van der Waals surface area contributed by atoms with Crippen LogP contribution in [0.25, 0.3) is 0 Å². The number of ether oxygens (including phenoxy) is 1. The van der Waals surface area contributed by atoms with Gasteiger partial charge in [-0.25, -0.2) is 0 Å². The van der Waals surface area contributed by atoms with Crippen molar-refractivity contribution in [1.29, 1.82) is 0 Å². The molecule has 0 aliphatic carbocycles. The van der Waals surface area contributed by atoms with Crippen LogP contribution in [0.4, 0.5) is 5.69 Å². The largest absolute Gasteiger partial charge is 0.494 e. The maximum Gasteiger partial charge on any atom is 0.124 e. The van der Waals surface area contributed by atoms with Gasteiger partial charge in [-0.3, -0.25) is 0 Å². The summed E-state index contributed by atoms with van der Waals surface area (Å²) in [4.78, 5) is 2.35. The smallest absolute Gasteiger partial charge is 0.124 e. The Labute approximate surface area is 115 Å². The predicted molar refractivity (Wildman–Crippen MR) is 77.7 cm³/mol. The standard InChI is InChI=1S/C15H24N2O2/c1-3-19-15-7-6-13(9-12(15)11-18)16-14-5-4-8-17(2)10-14/h6-7,9,14,16,18H,3-5,8,10-11H2,1-2H3. The summed E-state index contributed by atoms with van der Waals surface area (Å²) in [6, 6.07) is 6.44. The Morgan fingerprint density at radius 2 is 2.32 bits per heavy atom. The third kappa shape index (κ3) is 3.85. The molecule has 1 heterocycles. The van der Waals surface area contributed by atoms with Crippen LogP contribution >= 0.6 is 0 Å². The highest BCUT2D eigenvalue weighted by atomic mass is 16.5. The summed E-state index contributed by atoms with van der Waals surface area (Å²) in [5, 5.41) is 12.9. The Morgan fingerprint density at radius 1 is 1.47 bits per heavy atom. The summed E-state index contributed by atoms with van der Waals surface area (Å²) in [7, 11) is 2.16. The van der Waals surface area contributed by atoms with E-state index in [9.17, 15) is 5.11 Å². The zero-order valence-corrected chi connectivity index (χ0v) is 11.9. The molecule has 1 aromatic carbocycles. The van der Waals surface area contributed by atoms with Gasteiger partial charge in [-0.15, -0.1) is 0 Å². The average molecular weight is 264 g/mol. The molecule has 0 aromatic heterocycles. The molecule has 2 N–H and O–H groups in total. The predicted octanol–water partition coefficient (Wildman–Crippen LogP) is 2.08. The lowest BCUT2D eigenvalue weighted by Crippen LogP contribution is -2.39. The molecule has 1 aliphatic rings. The van der Waals surface area contributed by atoms with Crippen LogP contribution in [0.5, 0.6) is 5.75 Å². The lowest BCUT2D eigenvalue weighted by Gasteiger charge is -2.31. The van der Waals surface area contributed by atoms with Crippen molar-refractivity contribution in [2.24, 2.45) is 0 Å². The molecule has 0 radical (unpaired) electrons. The summed E-state index contributed by atoms with van der Waals surface area (Å²) in [6.07, 6.45) is 2.43. The van der Waals surface area contributed by atoms with Crippen molar-refractivity contribution in [2.75, 3.05) is 32.1 Å². The van der Waals surface area contributed by atoms with Crippen molar-refractivity contribution >= 4 is 5.69 Å². The van der Waals surface area contributed by atoms with Crippen LogP contribution in [0.3, 0.4) is 0 Å². The number of nitrogens with one attached hydrogen (secondary N) is 1. The second kappa shape index (κ2) is 6.78. The fraction of sp³-hybridized carbons (Fsp3) is 0.600. The van der Waals surface area contributed by atoms with Crippen LogP contribution in [0, 0.1) is 0 Å². The van der Waals surface area contributed by atoms with Gasteiger partial charge >= 0.3 is 0 Å². The summed E-state index contributed by atoms with van der Waals surface area (Å²) in [5.74, 6) is 0.774. The van der Waals surface area contributed by atoms with E-state index in [-0.39, 0.29) is 6.61 Å². The summed E-state index contributed by atoms with van der Waals surface area (Å²) >= 11 is 0. The van der Waals surface area contributed by atoms with E-state index in [0.717, 1.165) is 23.5 Å². The molecule has 106 valence electrons. The fourth-order valence-electron chi connectivity index (χ4n) is 2.61. The van der Waals surface area contributed by atoms with Crippen LogP contribution in [0.1, 0.15) is 25.3 Å². The Bertz CT molecular complexity index is 409. The number of rotatable bonds is 5. The number of piperidine rings is 1. The minimum atomic E-state index is 0.00935. The van der Waals surface area contributed by atoms with Crippen LogP contribution in [0.15, 0.2) is 18.2 Å². The first-order valence-electron chi connectivity index (χ1n) is 7.04. The van der Waals surface area contributed by atoms with Gasteiger partial charge in [0.1, 0.15) is 5.75 Å². The molecule has 0 amide bonds. The van der Waals surface area contributed by atoms with E-state index in [1.165, 1.54) is 19.4 Å². The number of hydrogen-bond acceptors (Lipinski definition) is 4. The van der Waals surface area contributed by atoms with Crippen molar-refractivity contribution in [3.63, 3.8) is 0 Å². The van der Waals surface area contributed by atoms with E-state index in [1.807, 2.05) is 25.1 Å². The van der Waals surface area contributed by atoms with Crippen molar-refractivity contribution in [2.45, 2.75) is 32.4 Å². The Kier molecular flexibility index (Phi) is 5.05. The Balaban J connectivity index is 2.04. The monoisotopic (exact) mass is 264 g/mol. The lowest BCUT2D eigenvalue weighted by molar-refractivity contribution is 0.260. The molecule has 2 rings (SSSR count). The second-order valence-electron chi connectivity index (χ2n) is 5.16. The van der Waals surface area contributed by atoms with Gasteiger partial charge in [-0.1, -0.05) is 0 Å². The van der Waals surface area contributed by atoms with E-state index in [4.69, 9.17) is 4.74 Å². The van der Waals surface area contributed by atoms with E-state index in [2.05, 4.69) is 17.3 Å².